The quantitative estimate of drug-likeness (QED) is 0.585. The van der Waals surface area contributed by atoms with E-state index in [1.54, 1.807) is 6.07 Å². The van der Waals surface area contributed by atoms with E-state index in [1.165, 1.54) is 4.90 Å². The van der Waals surface area contributed by atoms with Gasteiger partial charge in [0.2, 0.25) is 0 Å². The van der Waals surface area contributed by atoms with Gasteiger partial charge >= 0.3 is 0 Å². The van der Waals surface area contributed by atoms with Gasteiger partial charge in [0.15, 0.2) is 0 Å². The molecule has 2 amide bonds. The summed E-state index contributed by atoms with van der Waals surface area (Å²) in [7, 11) is 0. The number of alkyl halides is 1. The van der Waals surface area contributed by atoms with Crippen molar-refractivity contribution in [3.8, 4) is 0 Å². The standard InChI is InChI=1S/C19H18BrNO2/c1-3-12-7-5-8-13(4-2)17(12)21-18(22)15-10-6-9-14(11-20)16(15)19(21)23/h5-10H,3-4,11H2,1-2H3. The lowest BCUT2D eigenvalue weighted by Gasteiger charge is -2.21. The highest BCUT2D eigenvalue weighted by atomic mass is 79.9. The molecule has 0 saturated carbocycles. The van der Waals surface area contributed by atoms with Crippen LogP contribution in [-0.4, -0.2) is 11.8 Å². The third kappa shape index (κ3) is 2.41. The van der Waals surface area contributed by atoms with Crippen molar-refractivity contribution < 1.29 is 9.59 Å². The highest BCUT2D eigenvalue weighted by Crippen LogP contribution is 2.35. The average molecular weight is 372 g/mol. The maximum Gasteiger partial charge on any atom is 0.266 e. The van der Waals surface area contributed by atoms with Gasteiger partial charge in [-0.1, -0.05) is 60.1 Å². The number of para-hydroxylation sites is 1. The molecule has 2 aromatic rings. The Labute approximate surface area is 144 Å². The van der Waals surface area contributed by atoms with Gasteiger partial charge in [-0.2, -0.15) is 0 Å². The highest BCUT2D eigenvalue weighted by molar-refractivity contribution is 9.08. The topological polar surface area (TPSA) is 37.4 Å². The molecule has 23 heavy (non-hydrogen) atoms. The Morgan fingerprint density at radius 3 is 2.00 bits per heavy atom. The van der Waals surface area contributed by atoms with Gasteiger partial charge in [-0.3, -0.25) is 9.59 Å². The smallest absolute Gasteiger partial charge is 0.266 e. The lowest BCUT2D eigenvalue weighted by Crippen LogP contribution is -2.31. The highest BCUT2D eigenvalue weighted by Gasteiger charge is 2.39. The second-order valence-electron chi connectivity index (χ2n) is 5.55. The average Bonchev–Trinajstić information content (AvgIpc) is 2.85. The maximum atomic E-state index is 13.0. The number of halogens is 1. The molecule has 3 rings (SSSR count). The van der Waals surface area contributed by atoms with Crippen LogP contribution in [0.2, 0.25) is 0 Å². The summed E-state index contributed by atoms with van der Waals surface area (Å²) in [6.07, 6.45) is 1.56. The first-order chi connectivity index (χ1) is 11.1. The normalized spacial score (nSPS) is 13.6. The fourth-order valence-corrected chi connectivity index (χ4v) is 3.64. The van der Waals surface area contributed by atoms with Crippen molar-refractivity contribution in [2.45, 2.75) is 32.0 Å². The van der Waals surface area contributed by atoms with E-state index in [0.717, 1.165) is 35.2 Å². The number of carbonyl (C=O) groups excluding carboxylic acids is 2. The molecule has 1 aliphatic heterocycles. The van der Waals surface area contributed by atoms with Crippen LogP contribution >= 0.6 is 15.9 Å². The number of amides is 2. The van der Waals surface area contributed by atoms with Crippen molar-refractivity contribution in [1.82, 2.24) is 0 Å². The number of carbonyl (C=O) groups is 2. The van der Waals surface area contributed by atoms with Gasteiger partial charge in [-0.15, -0.1) is 0 Å². The van der Waals surface area contributed by atoms with E-state index in [4.69, 9.17) is 0 Å². The summed E-state index contributed by atoms with van der Waals surface area (Å²) in [5.74, 6) is -0.431. The SMILES string of the molecule is CCc1cccc(CC)c1N1C(=O)c2cccc(CBr)c2C1=O. The fraction of sp³-hybridized carbons (Fsp3) is 0.263. The molecule has 0 unspecified atom stereocenters. The molecule has 4 heteroatoms. The molecule has 0 aromatic heterocycles. The molecule has 0 fully saturated rings. The number of anilines is 1. The fourth-order valence-electron chi connectivity index (χ4n) is 3.17. The lowest BCUT2D eigenvalue weighted by atomic mass is 10.0. The molecule has 2 aromatic carbocycles. The summed E-state index contributed by atoms with van der Waals surface area (Å²) in [5.41, 5.74) is 4.71. The van der Waals surface area contributed by atoms with Crippen LogP contribution in [0.4, 0.5) is 5.69 Å². The molecule has 0 spiro atoms. The van der Waals surface area contributed by atoms with Gasteiger partial charge in [-0.05, 0) is 35.6 Å². The Hall–Kier alpha value is -1.94. The van der Waals surface area contributed by atoms with Gasteiger partial charge in [0, 0.05) is 5.33 Å². The molecule has 0 radical (unpaired) electrons. The first-order valence-corrected chi connectivity index (χ1v) is 8.93. The summed E-state index contributed by atoms with van der Waals surface area (Å²) >= 11 is 3.41. The summed E-state index contributed by atoms with van der Waals surface area (Å²) < 4.78 is 0. The van der Waals surface area contributed by atoms with Crippen LogP contribution in [0, 0.1) is 0 Å². The Balaban J connectivity index is 2.21. The first kappa shape index (κ1) is 15.9. The predicted octanol–water partition coefficient (Wildman–Crippen LogP) is 4.51. The number of imide groups is 1. The Bertz CT molecular complexity index is 776. The third-order valence-corrected chi connectivity index (χ3v) is 4.94. The minimum atomic E-state index is -0.219. The van der Waals surface area contributed by atoms with E-state index in [2.05, 4.69) is 15.9 Å². The molecule has 0 saturated heterocycles. The number of fused-ring (bicyclic) bond motifs is 1. The Kier molecular flexibility index (Phi) is 4.35. The van der Waals surface area contributed by atoms with E-state index in [0.29, 0.717) is 16.5 Å². The number of rotatable bonds is 4. The summed E-state index contributed by atoms with van der Waals surface area (Å²) in [6, 6.07) is 11.4. The third-order valence-electron chi connectivity index (χ3n) is 4.33. The van der Waals surface area contributed by atoms with Crippen molar-refractivity contribution >= 4 is 33.4 Å². The van der Waals surface area contributed by atoms with Crippen LogP contribution in [0.5, 0.6) is 0 Å². The van der Waals surface area contributed by atoms with Crippen molar-refractivity contribution in [1.29, 1.82) is 0 Å². The van der Waals surface area contributed by atoms with E-state index in [1.807, 2.05) is 44.2 Å². The molecule has 0 N–H and O–H groups in total. The monoisotopic (exact) mass is 371 g/mol. The van der Waals surface area contributed by atoms with Gasteiger partial charge in [-0.25, -0.2) is 4.90 Å². The first-order valence-electron chi connectivity index (χ1n) is 7.81. The molecule has 0 atom stereocenters. The van der Waals surface area contributed by atoms with Crippen LogP contribution in [0.1, 0.15) is 51.3 Å². The second-order valence-corrected chi connectivity index (χ2v) is 6.11. The lowest BCUT2D eigenvalue weighted by molar-refractivity contribution is 0.0925. The number of nitrogens with zero attached hydrogens (tertiary/aromatic N) is 1. The van der Waals surface area contributed by atoms with Gasteiger partial charge < -0.3 is 0 Å². The molecule has 0 bridgehead atoms. The molecule has 1 aliphatic rings. The molecular weight excluding hydrogens is 354 g/mol. The van der Waals surface area contributed by atoms with Crippen LogP contribution in [0.15, 0.2) is 36.4 Å². The zero-order chi connectivity index (χ0) is 16.6. The van der Waals surface area contributed by atoms with Crippen LogP contribution in [0.25, 0.3) is 0 Å². The molecule has 118 valence electrons. The minimum Gasteiger partial charge on any atom is -0.268 e. The number of aryl methyl sites for hydroxylation is 2. The van der Waals surface area contributed by atoms with Crippen molar-refractivity contribution in [3.05, 3.63) is 64.2 Å². The van der Waals surface area contributed by atoms with E-state index in [9.17, 15) is 9.59 Å². The Morgan fingerprint density at radius 2 is 1.43 bits per heavy atom. The van der Waals surface area contributed by atoms with E-state index in [-0.39, 0.29) is 11.8 Å². The molecule has 3 nitrogen and oxygen atoms in total. The number of hydrogen-bond donors (Lipinski definition) is 0. The van der Waals surface area contributed by atoms with E-state index < -0.39 is 0 Å². The maximum absolute atomic E-state index is 13.0. The van der Waals surface area contributed by atoms with Crippen LogP contribution < -0.4 is 4.90 Å². The summed E-state index contributed by atoms with van der Waals surface area (Å²) in [5, 5.41) is 0.555. The Morgan fingerprint density at radius 1 is 0.870 bits per heavy atom. The van der Waals surface area contributed by atoms with Crippen LogP contribution in [-0.2, 0) is 18.2 Å². The van der Waals surface area contributed by atoms with Crippen molar-refractivity contribution in [3.63, 3.8) is 0 Å². The summed E-state index contributed by atoms with van der Waals surface area (Å²) in [4.78, 5) is 27.3. The van der Waals surface area contributed by atoms with Gasteiger partial charge in [0.05, 0.1) is 16.8 Å². The van der Waals surface area contributed by atoms with Gasteiger partial charge in [0.25, 0.3) is 11.8 Å². The number of hydrogen-bond acceptors (Lipinski definition) is 2. The van der Waals surface area contributed by atoms with E-state index >= 15 is 0 Å². The molecule has 1 heterocycles. The predicted molar refractivity (Wildman–Crippen MR) is 95.4 cm³/mol. The summed E-state index contributed by atoms with van der Waals surface area (Å²) in [6.45, 7) is 4.08. The van der Waals surface area contributed by atoms with Crippen molar-refractivity contribution in [2.24, 2.45) is 0 Å². The largest absolute Gasteiger partial charge is 0.268 e. The number of benzene rings is 2. The minimum absolute atomic E-state index is 0.212. The molecular formula is C19H18BrNO2. The van der Waals surface area contributed by atoms with Crippen LogP contribution in [0.3, 0.4) is 0 Å². The van der Waals surface area contributed by atoms with Gasteiger partial charge in [0.1, 0.15) is 0 Å². The zero-order valence-corrected chi connectivity index (χ0v) is 14.8. The molecule has 0 aliphatic carbocycles. The second kappa shape index (κ2) is 6.28. The van der Waals surface area contributed by atoms with Crippen molar-refractivity contribution in [2.75, 3.05) is 4.90 Å². The zero-order valence-electron chi connectivity index (χ0n) is 13.2.